The molecule has 2 aliphatic rings. The van der Waals surface area contributed by atoms with E-state index >= 15 is 0 Å². The standard InChI is InChI=1S/C19H16N4O8S.Na/c1-9-5-14(19(26)15(6-9)23(27)28)21-22-18-12-4-3-11(20-10(2)24)7-13(12)17(8-16(18)25)32(29,30)31;/h3-8,27-28H,1-2H3,(H2-,20,22,24,26,29,30,31);/q;+1. The van der Waals surface area contributed by atoms with Crippen molar-refractivity contribution in [3.63, 3.8) is 0 Å². The minimum absolute atomic E-state index is 0. The smallest absolute Gasteiger partial charge is 0.862 e. The molecule has 0 aromatic heterocycles. The SMILES string of the molecule is CC1=CC(=NN=C2C(=O)C=C([S+](=O)(O)O)c3cc(N=C(C)[O-])ccc32)C(=O)C(N(O)O)=C1.[Na+]. The van der Waals surface area contributed by atoms with Gasteiger partial charge in [0.1, 0.15) is 17.1 Å². The predicted octanol–water partition coefficient (Wildman–Crippen LogP) is -1.89. The molecule has 0 aliphatic heterocycles. The Hall–Kier alpha value is -2.62. The maximum absolute atomic E-state index is 12.6. The first-order valence-electron chi connectivity index (χ1n) is 8.79. The molecule has 0 unspecified atom stereocenters. The van der Waals surface area contributed by atoms with Crippen LogP contribution in [0, 0.1) is 0 Å². The Balaban J connectivity index is 0.00000385. The number of hydroxylamine groups is 2. The molecule has 166 valence electrons. The van der Waals surface area contributed by atoms with Crippen LogP contribution in [0.2, 0.25) is 0 Å². The summed E-state index contributed by atoms with van der Waals surface area (Å²) in [5.74, 6) is -2.30. The van der Waals surface area contributed by atoms with Gasteiger partial charge < -0.3 is 5.11 Å². The van der Waals surface area contributed by atoms with Gasteiger partial charge in [0.25, 0.3) is 0 Å². The number of ketones is 2. The molecule has 0 radical (unpaired) electrons. The summed E-state index contributed by atoms with van der Waals surface area (Å²) in [7, 11) is -4.57. The molecule has 0 saturated carbocycles. The number of carbonyl (C=O) groups excluding carboxylic acids is 2. The van der Waals surface area contributed by atoms with Gasteiger partial charge >= 0.3 is 40.1 Å². The Morgan fingerprint density at radius 3 is 2.30 bits per heavy atom. The van der Waals surface area contributed by atoms with Crippen molar-refractivity contribution in [1.82, 2.24) is 5.23 Å². The van der Waals surface area contributed by atoms with Gasteiger partial charge in [0.05, 0.1) is 5.69 Å². The van der Waals surface area contributed by atoms with Crippen LogP contribution in [-0.4, -0.2) is 53.6 Å². The van der Waals surface area contributed by atoms with Crippen LogP contribution in [-0.2, 0) is 24.3 Å². The molecular formula is C19H16N4NaO8S+. The first kappa shape index (κ1) is 26.6. The Kier molecular flexibility index (Phi) is 8.16. The molecule has 0 amide bonds. The number of hydrogen-bond acceptors (Lipinski definition) is 10. The first-order chi connectivity index (χ1) is 14.9. The second kappa shape index (κ2) is 10.1. The molecule has 0 saturated heterocycles. The fourth-order valence-corrected chi connectivity index (χ4v) is 3.69. The van der Waals surface area contributed by atoms with Crippen molar-refractivity contribution in [2.75, 3.05) is 0 Å². The molecule has 1 aromatic carbocycles. The van der Waals surface area contributed by atoms with Crippen LogP contribution in [0.25, 0.3) is 4.91 Å². The van der Waals surface area contributed by atoms with E-state index in [1.54, 1.807) is 6.92 Å². The largest absolute Gasteiger partial charge is 1.00 e. The van der Waals surface area contributed by atoms with E-state index in [1.165, 1.54) is 37.3 Å². The van der Waals surface area contributed by atoms with Gasteiger partial charge in [-0.15, -0.1) is 15.4 Å². The van der Waals surface area contributed by atoms with E-state index in [0.717, 1.165) is 0 Å². The summed E-state index contributed by atoms with van der Waals surface area (Å²) >= 11 is 0. The normalized spacial score (nSPS) is 19.0. The van der Waals surface area contributed by atoms with Gasteiger partial charge in [-0.3, -0.25) is 25.0 Å². The van der Waals surface area contributed by atoms with E-state index < -0.39 is 38.6 Å². The predicted molar refractivity (Wildman–Crippen MR) is 112 cm³/mol. The van der Waals surface area contributed by atoms with E-state index in [9.17, 15) is 38.4 Å². The van der Waals surface area contributed by atoms with Gasteiger partial charge in [-0.05, 0) is 59.9 Å². The average Bonchev–Trinajstić information content (AvgIpc) is 2.67. The fraction of sp³-hybridized carbons (Fsp3) is 0.105. The van der Waals surface area contributed by atoms with Crippen molar-refractivity contribution < 1.29 is 68.0 Å². The number of nitrogens with zero attached hydrogens (tertiary/aromatic N) is 4. The molecule has 0 atom stereocenters. The van der Waals surface area contributed by atoms with Crippen molar-refractivity contribution in [2.24, 2.45) is 15.2 Å². The van der Waals surface area contributed by atoms with Crippen molar-refractivity contribution in [2.45, 2.75) is 13.8 Å². The van der Waals surface area contributed by atoms with Gasteiger partial charge in [-0.25, -0.2) is 0 Å². The zero-order valence-corrected chi connectivity index (χ0v) is 20.4. The molecule has 1 aromatic rings. The molecule has 12 nitrogen and oxygen atoms in total. The second-order valence-corrected chi connectivity index (χ2v) is 8.13. The number of Topliss-reactive ketones (excluding diaryl/α,β-unsaturated/α-hetero) is 1. The maximum atomic E-state index is 12.6. The Morgan fingerprint density at radius 2 is 1.73 bits per heavy atom. The van der Waals surface area contributed by atoms with Gasteiger partial charge in [0.15, 0.2) is 0 Å². The average molecular weight is 483 g/mol. The van der Waals surface area contributed by atoms with Gasteiger partial charge in [-0.2, -0.15) is 9.11 Å². The zero-order chi connectivity index (χ0) is 23.8. The minimum atomic E-state index is -4.57. The van der Waals surface area contributed by atoms with Crippen LogP contribution in [0.5, 0.6) is 0 Å². The molecule has 0 heterocycles. The van der Waals surface area contributed by atoms with E-state index in [4.69, 9.17) is 0 Å². The molecule has 14 heteroatoms. The summed E-state index contributed by atoms with van der Waals surface area (Å²) in [6.45, 7) is 2.76. The van der Waals surface area contributed by atoms with Gasteiger partial charge in [0, 0.05) is 17.2 Å². The minimum Gasteiger partial charge on any atom is -0.862 e. The van der Waals surface area contributed by atoms with Crippen LogP contribution in [0.15, 0.2) is 62.9 Å². The first-order valence-corrected chi connectivity index (χ1v) is 10.3. The summed E-state index contributed by atoms with van der Waals surface area (Å²) in [5, 5.41) is 36.8. The molecule has 0 fully saturated rings. The van der Waals surface area contributed by atoms with E-state index in [1.807, 2.05) is 0 Å². The van der Waals surface area contributed by atoms with Crippen molar-refractivity contribution in [3.05, 3.63) is 58.8 Å². The molecule has 33 heavy (non-hydrogen) atoms. The van der Waals surface area contributed by atoms with E-state index in [2.05, 4.69) is 15.2 Å². The third-order valence-corrected chi connectivity index (χ3v) is 5.17. The number of aliphatic imine (C=N–C) groups is 1. The Labute approximate surface area is 210 Å². The zero-order valence-electron chi connectivity index (χ0n) is 17.6. The second-order valence-electron chi connectivity index (χ2n) is 6.70. The maximum Gasteiger partial charge on any atom is 1.00 e. The van der Waals surface area contributed by atoms with Gasteiger partial charge in [0.2, 0.25) is 16.5 Å². The van der Waals surface area contributed by atoms with Crippen LogP contribution in [0.4, 0.5) is 5.69 Å². The third kappa shape index (κ3) is 5.85. The molecule has 0 spiro atoms. The van der Waals surface area contributed by atoms with Crippen LogP contribution in [0.1, 0.15) is 25.0 Å². The van der Waals surface area contributed by atoms with Crippen LogP contribution >= 0.6 is 0 Å². The number of carbonyl (C=O) groups is 2. The Morgan fingerprint density at radius 1 is 1.06 bits per heavy atom. The third-order valence-electron chi connectivity index (χ3n) is 4.26. The molecule has 3 rings (SSSR count). The summed E-state index contributed by atoms with van der Waals surface area (Å²) in [6.07, 6.45) is 3.20. The number of benzene rings is 1. The number of allylic oxidation sites excluding steroid dienone is 5. The number of rotatable bonds is 4. The van der Waals surface area contributed by atoms with E-state index in [-0.39, 0.29) is 63.0 Å². The molecule has 2 aliphatic carbocycles. The van der Waals surface area contributed by atoms with Crippen molar-refractivity contribution >= 4 is 50.0 Å². The fourth-order valence-electron chi connectivity index (χ4n) is 2.98. The summed E-state index contributed by atoms with van der Waals surface area (Å²) in [5.41, 5.74) is -0.652. The monoisotopic (exact) mass is 483 g/mol. The summed E-state index contributed by atoms with van der Waals surface area (Å²) in [4.78, 5) is 28.0. The van der Waals surface area contributed by atoms with Crippen LogP contribution in [0.3, 0.4) is 0 Å². The van der Waals surface area contributed by atoms with Crippen LogP contribution < -0.4 is 34.7 Å². The number of fused-ring (bicyclic) bond motifs is 1. The van der Waals surface area contributed by atoms with Crippen molar-refractivity contribution in [1.29, 1.82) is 0 Å². The molecule has 4 N–H and O–H groups in total. The van der Waals surface area contributed by atoms with E-state index in [0.29, 0.717) is 11.6 Å². The summed E-state index contributed by atoms with van der Waals surface area (Å²) < 4.78 is 31.2. The topological polar surface area (TPSA) is 196 Å². The quantitative estimate of drug-likeness (QED) is 0.0945. The molecule has 0 bridgehead atoms. The molecular weight excluding hydrogens is 467 g/mol. The number of hydrogen-bond donors (Lipinski definition) is 4. The van der Waals surface area contributed by atoms with Crippen molar-refractivity contribution in [3.8, 4) is 0 Å². The van der Waals surface area contributed by atoms with Gasteiger partial charge in [-0.1, -0.05) is 0 Å². The summed E-state index contributed by atoms with van der Waals surface area (Å²) in [6, 6.07) is 3.86. The Bertz CT molecular complexity index is 1270.